The van der Waals surface area contributed by atoms with Crippen molar-refractivity contribution in [2.45, 2.75) is 13.8 Å². The van der Waals surface area contributed by atoms with Crippen molar-refractivity contribution in [1.29, 1.82) is 0 Å². The maximum atomic E-state index is 12.6. The fourth-order valence-corrected chi connectivity index (χ4v) is 3.73. The zero-order chi connectivity index (χ0) is 12.9. The van der Waals surface area contributed by atoms with Gasteiger partial charge in [-0.1, -0.05) is 23.7 Å². The van der Waals surface area contributed by atoms with Gasteiger partial charge in [-0.3, -0.25) is 4.79 Å². The molecule has 0 aliphatic heterocycles. The minimum absolute atomic E-state index is 0.0856. The summed E-state index contributed by atoms with van der Waals surface area (Å²) in [7, 11) is 0. The summed E-state index contributed by atoms with van der Waals surface area (Å²) in [6, 6.07) is 9.62. The number of hydrogen-bond donors (Lipinski definition) is 0. The molecule has 0 saturated heterocycles. The molecule has 0 saturated carbocycles. The van der Waals surface area contributed by atoms with E-state index in [1.165, 1.54) is 0 Å². The van der Waals surface area contributed by atoms with Crippen molar-refractivity contribution in [3.8, 4) is 0 Å². The first-order valence-electron chi connectivity index (χ1n) is 5.71. The first kappa shape index (κ1) is 11.7. The fraction of sp³-hybridized carbons (Fsp3) is 0.133. The third kappa shape index (κ3) is 1.57. The first-order valence-corrected chi connectivity index (χ1v) is 6.90. The van der Waals surface area contributed by atoms with Gasteiger partial charge >= 0.3 is 0 Å². The Morgan fingerprint density at radius 1 is 1.17 bits per heavy atom. The predicted octanol–water partition coefficient (Wildman–Crippen LogP) is 4.68. The van der Waals surface area contributed by atoms with Crippen LogP contribution in [0.3, 0.4) is 0 Å². The van der Waals surface area contributed by atoms with Crippen LogP contribution in [0, 0.1) is 13.8 Å². The topological polar surface area (TPSA) is 17.1 Å². The van der Waals surface area contributed by atoms with Gasteiger partial charge in [-0.2, -0.15) is 0 Å². The van der Waals surface area contributed by atoms with E-state index < -0.39 is 0 Å². The number of fused-ring (bicyclic) bond motifs is 2. The highest BCUT2D eigenvalue weighted by molar-refractivity contribution is 7.25. The summed E-state index contributed by atoms with van der Waals surface area (Å²) >= 11 is 7.86. The summed E-state index contributed by atoms with van der Waals surface area (Å²) < 4.78 is 1.88. The van der Waals surface area contributed by atoms with E-state index in [9.17, 15) is 4.79 Å². The molecule has 0 atom stereocenters. The third-order valence-electron chi connectivity index (χ3n) is 3.32. The molecule has 0 unspecified atom stereocenters. The van der Waals surface area contributed by atoms with Crippen molar-refractivity contribution in [1.82, 2.24) is 0 Å². The normalized spacial score (nSPS) is 11.3. The van der Waals surface area contributed by atoms with Crippen molar-refractivity contribution in [3.63, 3.8) is 0 Å². The molecule has 3 rings (SSSR count). The number of rotatable bonds is 0. The summed E-state index contributed by atoms with van der Waals surface area (Å²) in [5.41, 5.74) is 2.18. The summed E-state index contributed by atoms with van der Waals surface area (Å²) in [6.45, 7) is 3.97. The molecule has 3 aromatic rings. The molecule has 1 aromatic heterocycles. The zero-order valence-corrected chi connectivity index (χ0v) is 11.7. The van der Waals surface area contributed by atoms with Crippen LogP contribution in [0.1, 0.15) is 11.1 Å². The third-order valence-corrected chi connectivity index (χ3v) is 4.94. The summed E-state index contributed by atoms with van der Waals surface area (Å²) in [4.78, 5) is 12.6. The Hall–Kier alpha value is -1.38. The highest BCUT2D eigenvalue weighted by atomic mass is 35.5. The van der Waals surface area contributed by atoms with Crippen LogP contribution in [0.5, 0.6) is 0 Å². The van der Waals surface area contributed by atoms with E-state index in [4.69, 9.17) is 11.6 Å². The van der Waals surface area contributed by atoms with Gasteiger partial charge in [0.2, 0.25) is 0 Å². The molecule has 3 heteroatoms. The Balaban J connectivity index is 2.69. The number of halogens is 1. The highest BCUT2D eigenvalue weighted by Gasteiger charge is 2.12. The van der Waals surface area contributed by atoms with Gasteiger partial charge < -0.3 is 0 Å². The predicted molar refractivity (Wildman–Crippen MR) is 80.1 cm³/mol. The molecule has 0 amide bonds. The average Bonchev–Trinajstić information content (AvgIpc) is 2.36. The van der Waals surface area contributed by atoms with Crippen molar-refractivity contribution in [2.75, 3.05) is 0 Å². The molecule has 0 bridgehead atoms. The second kappa shape index (κ2) is 4.08. The van der Waals surface area contributed by atoms with Gasteiger partial charge in [0.1, 0.15) is 0 Å². The van der Waals surface area contributed by atoms with Crippen LogP contribution in [0.15, 0.2) is 35.1 Å². The van der Waals surface area contributed by atoms with Gasteiger partial charge in [0.05, 0.1) is 9.72 Å². The van der Waals surface area contributed by atoms with E-state index >= 15 is 0 Å². The molecular formula is C15H11ClOS. The first-order chi connectivity index (χ1) is 8.59. The molecule has 0 spiro atoms. The van der Waals surface area contributed by atoms with E-state index in [1.807, 2.05) is 44.2 Å². The second-order valence-electron chi connectivity index (χ2n) is 4.43. The second-order valence-corrected chi connectivity index (χ2v) is 5.89. The molecule has 1 heterocycles. The molecule has 0 aliphatic carbocycles. The van der Waals surface area contributed by atoms with Gasteiger partial charge in [-0.25, -0.2) is 0 Å². The lowest BCUT2D eigenvalue weighted by Gasteiger charge is -2.08. The molecule has 90 valence electrons. The molecule has 0 N–H and O–H groups in total. The lowest BCUT2D eigenvalue weighted by atomic mass is 10.0. The van der Waals surface area contributed by atoms with E-state index in [2.05, 4.69) is 0 Å². The van der Waals surface area contributed by atoms with Crippen LogP contribution in [0.4, 0.5) is 0 Å². The maximum Gasteiger partial charge on any atom is 0.196 e. The molecule has 1 nitrogen and oxygen atoms in total. The van der Waals surface area contributed by atoms with Gasteiger partial charge in [-0.05, 0) is 43.2 Å². The quantitative estimate of drug-likeness (QED) is 0.544. The monoisotopic (exact) mass is 274 g/mol. The number of hydrogen-bond acceptors (Lipinski definition) is 2. The van der Waals surface area contributed by atoms with Crippen LogP contribution >= 0.6 is 22.9 Å². The minimum Gasteiger partial charge on any atom is -0.288 e. The van der Waals surface area contributed by atoms with Crippen LogP contribution < -0.4 is 5.43 Å². The van der Waals surface area contributed by atoms with Crippen molar-refractivity contribution < 1.29 is 0 Å². The smallest absolute Gasteiger partial charge is 0.196 e. The molecule has 0 fully saturated rings. The van der Waals surface area contributed by atoms with Crippen molar-refractivity contribution in [2.24, 2.45) is 0 Å². The largest absolute Gasteiger partial charge is 0.288 e. The van der Waals surface area contributed by atoms with Gasteiger partial charge in [0.15, 0.2) is 5.43 Å². The maximum absolute atomic E-state index is 12.6. The number of benzene rings is 2. The lowest BCUT2D eigenvalue weighted by Crippen LogP contribution is -2.04. The van der Waals surface area contributed by atoms with E-state index in [1.54, 1.807) is 11.3 Å². The highest BCUT2D eigenvalue weighted by Crippen LogP contribution is 2.33. The summed E-state index contributed by atoms with van der Waals surface area (Å²) in [6.07, 6.45) is 0. The molecular weight excluding hydrogens is 264 g/mol. The minimum atomic E-state index is 0.0856. The lowest BCUT2D eigenvalue weighted by molar-refractivity contribution is 1.38. The summed E-state index contributed by atoms with van der Waals surface area (Å²) in [5.74, 6) is 0. The standard InChI is InChI=1S/C15H11ClOS/c1-8-7-11(16)15-13(9(8)2)14(17)10-5-3-4-6-12(10)18-15/h3-7H,1-2H3. The Morgan fingerprint density at radius 3 is 2.67 bits per heavy atom. The average molecular weight is 275 g/mol. The van der Waals surface area contributed by atoms with Crippen LogP contribution in [-0.2, 0) is 0 Å². The Bertz CT molecular complexity index is 833. The van der Waals surface area contributed by atoms with Gasteiger partial charge in [0.25, 0.3) is 0 Å². The molecule has 2 aromatic carbocycles. The van der Waals surface area contributed by atoms with Gasteiger partial charge in [-0.15, -0.1) is 11.3 Å². The SMILES string of the molecule is Cc1cc(Cl)c2sc3ccccc3c(=O)c2c1C. The van der Waals surface area contributed by atoms with E-state index in [0.717, 1.165) is 31.3 Å². The fourth-order valence-electron chi connectivity index (χ4n) is 2.21. The summed E-state index contributed by atoms with van der Waals surface area (Å²) in [5, 5.41) is 2.21. The van der Waals surface area contributed by atoms with Crippen LogP contribution in [-0.4, -0.2) is 0 Å². The molecule has 0 aliphatic rings. The Labute approximate surface area is 114 Å². The molecule has 0 radical (unpaired) electrons. The number of aryl methyl sites for hydroxylation is 2. The van der Waals surface area contributed by atoms with Crippen molar-refractivity contribution >= 4 is 43.1 Å². The van der Waals surface area contributed by atoms with Crippen LogP contribution in [0.25, 0.3) is 20.2 Å². The zero-order valence-electron chi connectivity index (χ0n) is 10.1. The van der Waals surface area contributed by atoms with E-state index in [0.29, 0.717) is 5.02 Å². The Morgan fingerprint density at radius 2 is 1.89 bits per heavy atom. The molecule has 18 heavy (non-hydrogen) atoms. The van der Waals surface area contributed by atoms with Crippen LogP contribution in [0.2, 0.25) is 5.02 Å². The van der Waals surface area contributed by atoms with Crippen molar-refractivity contribution in [3.05, 3.63) is 56.7 Å². The Kier molecular flexibility index (Phi) is 2.65. The van der Waals surface area contributed by atoms with E-state index in [-0.39, 0.29) is 5.43 Å². The van der Waals surface area contributed by atoms with Gasteiger partial charge in [0, 0.05) is 15.5 Å².